The number of hydrogen-bond acceptors (Lipinski definition) is 7. The first-order valence-electron chi connectivity index (χ1n) is 12.7. The van der Waals surface area contributed by atoms with Gasteiger partial charge in [0.2, 0.25) is 0 Å². The van der Waals surface area contributed by atoms with E-state index in [1.165, 1.54) is 76.3 Å². The molecule has 0 aliphatic carbocycles. The second-order valence-corrected chi connectivity index (χ2v) is 11.1. The third-order valence-electron chi connectivity index (χ3n) is 8.45. The van der Waals surface area contributed by atoms with E-state index in [-0.39, 0.29) is 0 Å². The van der Waals surface area contributed by atoms with E-state index in [0.717, 1.165) is 18.8 Å². The standard InChI is InChI=1S/C14H21N3O.C13H19N3/c1-16-5-3-14(10-16)4-6-17(11-14)12-7-13(18-2)9-15-8-12;1-15-7-4-13(10-15)5-8-16(11-13)12-3-2-6-14-9-12/h7-9H,3-6,10-11H2,1-2H3;2-3,6,9H,4-5,7-8,10-11H2,1H3. The van der Waals surface area contributed by atoms with Gasteiger partial charge in [-0.3, -0.25) is 9.97 Å². The fourth-order valence-corrected chi connectivity index (χ4v) is 6.53. The third kappa shape index (κ3) is 5.01. The fraction of sp³-hybridized carbons (Fsp3) is 0.630. The van der Waals surface area contributed by atoms with Crippen molar-refractivity contribution in [2.75, 3.05) is 83.4 Å². The fourth-order valence-electron chi connectivity index (χ4n) is 6.53. The molecule has 2 spiro atoms. The average Bonchev–Trinajstić information content (AvgIpc) is 3.65. The zero-order chi connectivity index (χ0) is 23.6. The van der Waals surface area contributed by atoms with E-state index in [1.807, 2.05) is 24.7 Å². The molecule has 0 saturated carbocycles. The highest BCUT2D eigenvalue weighted by atomic mass is 16.5. The molecular formula is C27H40N6O. The molecule has 6 heterocycles. The maximum absolute atomic E-state index is 5.25. The number of likely N-dealkylation sites (tertiary alicyclic amines) is 2. The van der Waals surface area contributed by atoms with E-state index in [2.05, 4.69) is 55.8 Å². The summed E-state index contributed by atoms with van der Waals surface area (Å²) < 4.78 is 5.25. The molecule has 4 saturated heterocycles. The van der Waals surface area contributed by atoms with Crippen LogP contribution in [0.3, 0.4) is 0 Å². The summed E-state index contributed by atoms with van der Waals surface area (Å²) in [6.07, 6.45) is 12.9. The quantitative estimate of drug-likeness (QED) is 0.691. The summed E-state index contributed by atoms with van der Waals surface area (Å²) in [5.41, 5.74) is 3.55. The van der Waals surface area contributed by atoms with E-state index < -0.39 is 0 Å². The molecule has 0 radical (unpaired) electrons. The minimum atomic E-state index is 0.512. The minimum Gasteiger partial charge on any atom is -0.495 e. The maximum atomic E-state index is 5.25. The Morgan fingerprint density at radius 1 is 0.735 bits per heavy atom. The second kappa shape index (κ2) is 9.70. The van der Waals surface area contributed by atoms with Crippen molar-refractivity contribution in [1.82, 2.24) is 19.8 Å². The van der Waals surface area contributed by atoms with Gasteiger partial charge in [-0.05, 0) is 65.0 Å². The van der Waals surface area contributed by atoms with Crippen LogP contribution in [-0.4, -0.2) is 93.3 Å². The number of aromatic nitrogens is 2. The Balaban J connectivity index is 0.000000142. The Labute approximate surface area is 204 Å². The monoisotopic (exact) mass is 464 g/mol. The minimum absolute atomic E-state index is 0.512. The van der Waals surface area contributed by atoms with Gasteiger partial charge >= 0.3 is 0 Å². The van der Waals surface area contributed by atoms with Crippen LogP contribution in [0.25, 0.3) is 0 Å². The first-order chi connectivity index (χ1) is 16.5. The van der Waals surface area contributed by atoms with Gasteiger partial charge in [0.25, 0.3) is 0 Å². The van der Waals surface area contributed by atoms with Crippen molar-refractivity contribution in [3.05, 3.63) is 43.0 Å². The molecule has 34 heavy (non-hydrogen) atoms. The van der Waals surface area contributed by atoms with Gasteiger partial charge in [0.15, 0.2) is 0 Å². The van der Waals surface area contributed by atoms with Crippen molar-refractivity contribution in [3.63, 3.8) is 0 Å². The molecule has 0 amide bonds. The molecule has 2 aromatic heterocycles. The Bertz CT molecular complexity index is 957. The lowest BCUT2D eigenvalue weighted by atomic mass is 9.86. The second-order valence-electron chi connectivity index (χ2n) is 11.1. The molecule has 4 aliphatic heterocycles. The number of hydrogen-bond donors (Lipinski definition) is 0. The van der Waals surface area contributed by atoms with Crippen LogP contribution >= 0.6 is 0 Å². The first-order valence-corrected chi connectivity index (χ1v) is 12.7. The van der Waals surface area contributed by atoms with Crippen molar-refractivity contribution >= 4 is 11.4 Å². The molecule has 184 valence electrons. The zero-order valence-corrected chi connectivity index (χ0v) is 21.1. The van der Waals surface area contributed by atoms with Gasteiger partial charge in [-0.1, -0.05) is 0 Å². The van der Waals surface area contributed by atoms with Crippen LogP contribution in [0.1, 0.15) is 25.7 Å². The van der Waals surface area contributed by atoms with Crippen LogP contribution < -0.4 is 14.5 Å². The molecule has 6 rings (SSSR count). The van der Waals surface area contributed by atoms with Crippen LogP contribution in [0.5, 0.6) is 5.75 Å². The molecule has 2 unspecified atom stereocenters. The molecule has 7 nitrogen and oxygen atoms in total. The van der Waals surface area contributed by atoms with Gasteiger partial charge in [0, 0.05) is 62.4 Å². The van der Waals surface area contributed by atoms with Crippen molar-refractivity contribution in [3.8, 4) is 5.75 Å². The Morgan fingerprint density at radius 3 is 1.85 bits per heavy atom. The molecule has 2 aromatic rings. The third-order valence-corrected chi connectivity index (χ3v) is 8.45. The van der Waals surface area contributed by atoms with Gasteiger partial charge in [0.05, 0.1) is 37.1 Å². The van der Waals surface area contributed by atoms with Crippen LogP contribution in [0.4, 0.5) is 11.4 Å². The van der Waals surface area contributed by atoms with Crippen molar-refractivity contribution in [2.45, 2.75) is 25.7 Å². The molecule has 0 bridgehead atoms. The topological polar surface area (TPSA) is 48.0 Å². The lowest BCUT2D eigenvalue weighted by Crippen LogP contribution is -2.29. The number of nitrogens with zero attached hydrogens (tertiary/aromatic N) is 6. The van der Waals surface area contributed by atoms with Crippen LogP contribution in [0.2, 0.25) is 0 Å². The lowest BCUT2D eigenvalue weighted by Gasteiger charge is -2.24. The Morgan fingerprint density at radius 2 is 1.32 bits per heavy atom. The molecule has 0 N–H and O–H groups in total. The zero-order valence-electron chi connectivity index (χ0n) is 21.1. The summed E-state index contributed by atoms with van der Waals surface area (Å²) in [4.78, 5) is 18.3. The first kappa shape index (κ1) is 23.4. The van der Waals surface area contributed by atoms with Crippen LogP contribution in [0.15, 0.2) is 43.0 Å². The Hall–Kier alpha value is -2.38. The summed E-state index contributed by atoms with van der Waals surface area (Å²) in [6.45, 7) is 9.72. The summed E-state index contributed by atoms with van der Waals surface area (Å²) in [7, 11) is 6.16. The molecule has 2 atom stereocenters. The van der Waals surface area contributed by atoms with Gasteiger partial charge in [-0.25, -0.2) is 0 Å². The maximum Gasteiger partial charge on any atom is 0.139 e. The number of pyridine rings is 2. The largest absolute Gasteiger partial charge is 0.495 e. The molecule has 7 heteroatoms. The molecular weight excluding hydrogens is 424 g/mol. The van der Waals surface area contributed by atoms with Crippen molar-refractivity contribution < 1.29 is 4.74 Å². The normalized spacial score (nSPS) is 29.3. The number of ether oxygens (including phenoxy) is 1. The van der Waals surface area contributed by atoms with Gasteiger partial charge in [-0.2, -0.15) is 0 Å². The predicted octanol–water partition coefficient (Wildman–Crippen LogP) is 3.24. The highest BCUT2D eigenvalue weighted by Crippen LogP contribution is 2.41. The van der Waals surface area contributed by atoms with E-state index in [1.54, 1.807) is 13.3 Å². The van der Waals surface area contributed by atoms with Gasteiger partial charge in [0.1, 0.15) is 5.75 Å². The summed E-state index contributed by atoms with van der Waals surface area (Å²) >= 11 is 0. The summed E-state index contributed by atoms with van der Waals surface area (Å²) in [5.74, 6) is 0.844. The highest BCUT2D eigenvalue weighted by Gasteiger charge is 2.43. The number of rotatable bonds is 3. The van der Waals surface area contributed by atoms with E-state index in [4.69, 9.17) is 4.74 Å². The van der Waals surface area contributed by atoms with E-state index in [9.17, 15) is 0 Å². The van der Waals surface area contributed by atoms with Gasteiger partial charge < -0.3 is 24.3 Å². The number of methoxy groups -OCH3 is 1. The highest BCUT2D eigenvalue weighted by molar-refractivity contribution is 5.49. The van der Waals surface area contributed by atoms with Crippen molar-refractivity contribution in [2.24, 2.45) is 10.8 Å². The smallest absolute Gasteiger partial charge is 0.139 e. The average molecular weight is 465 g/mol. The van der Waals surface area contributed by atoms with E-state index in [0.29, 0.717) is 10.8 Å². The Kier molecular flexibility index (Phi) is 6.67. The van der Waals surface area contributed by atoms with Crippen molar-refractivity contribution in [1.29, 1.82) is 0 Å². The van der Waals surface area contributed by atoms with E-state index >= 15 is 0 Å². The summed E-state index contributed by atoms with van der Waals surface area (Å²) in [6, 6.07) is 6.29. The molecule has 4 aliphatic rings. The van der Waals surface area contributed by atoms with Crippen LogP contribution in [-0.2, 0) is 0 Å². The predicted molar refractivity (Wildman–Crippen MR) is 138 cm³/mol. The molecule has 4 fully saturated rings. The van der Waals surface area contributed by atoms with Gasteiger partial charge in [-0.15, -0.1) is 0 Å². The number of anilines is 2. The summed E-state index contributed by atoms with van der Waals surface area (Å²) in [5, 5.41) is 0. The lowest BCUT2D eigenvalue weighted by molar-refractivity contribution is 0.312. The molecule has 0 aromatic carbocycles. The SMILES string of the molecule is CN1CCC2(CCN(c3cccnc3)C2)C1.COc1cncc(N2CCC3(CCN(C)C3)C2)c1. The van der Waals surface area contributed by atoms with Crippen LogP contribution in [0, 0.1) is 10.8 Å².